The summed E-state index contributed by atoms with van der Waals surface area (Å²) in [5, 5.41) is 10.3. The van der Waals surface area contributed by atoms with Crippen molar-refractivity contribution in [3.8, 4) is 0 Å². The van der Waals surface area contributed by atoms with E-state index in [0.29, 0.717) is 0 Å². The minimum atomic E-state index is -0.410. The first-order valence-corrected chi connectivity index (χ1v) is 6.76. The molecule has 0 spiro atoms. The number of nitrogens with zero attached hydrogens (tertiary/aromatic N) is 3. The average molecular weight is 249 g/mol. The lowest BCUT2D eigenvalue weighted by Crippen LogP contribution is -2.31. The molecule has 100 valence electrons. The largest absolute Gasteiger partial charge is 0.390 e. The number of rotatable bonds is 5. The van der Waals surface area contributed by atoms with Crippen molar-refractivity contribution < 1.29 is 5.11 Å². The van der Waals surface area contributed by atoms with Crippen molar-refractivity contribution in [3.63, 3.8) is 0 Å². The highest BCUT2D eigenvalue weighted by Gasteiger charge is 2.30. The van der Waals surface area contributed by atoms with E-state index < -0.39 is 5.60 Å². The first-order chi connectivity index (χ1) is 8.57. The third kappa shape index (κ3) is 3.75. The van der Waals surface area contributed by atoms with Gasteiger partial charge in [-0.2, -0.15) is 0 Å². The normalized spacial score (nSPS) is 18.4. The monoisotopic (exact) mass is 249 g/mol. The molecule has 1 aromatic rings. The molecule has 4 heteroatoms. The third-order valence-corrected chi connectivity index (χ3v) is 3.76. The minimum Gasteiger partial charge on any atom is -0.390 e. The van der Waals surface area contributed by atoms with E-state index in [1.807, 2.05) is 13.1 Å². The van der Waals surface area contributed by atoms with Crippen LogP contribution >= 0.6 is 0 Å². The van der Waals surface area contributed by atoms with Gasteiger partial charge in [0.2, 0.25) is 0 Å². The summed E-state index contributed by atoms with van der Waals surface area (Å²) in [6.07, 6.45) is 8.76. The molecule has 4 nitrogen and oxygen atoms in total. The highest BCUT2D eigenvalue weighted by Crippen LogP contribution is 2.32. The maximum atomic E-state index is 10.3. The molecule has 1 fully saturated rings. The van der Waals surface area contributed by atoms with Gasteiger partial charge in [-0.15, -0.1) is 0 Å². The fourth-order valence-corrected chi connectivity index (χ4v) is 2.54. The lowest BCUT2D eigenvalue weighted by molar-refractivity contribution is 0.0296. The maximum Gasteiger partial charge on any atom is 0.0726 e. The van der Waals surface area contributed by atoms with Gasteiger partial charge in [-0.25, -0.2) is 0 Å². The second kappa shape index (κ2) is 5.76. The average Bonchev–Trinajstić information content (AvgIpc) is 2.78. The van der Waals surface area contributed by atoms with Gasteiger partial charge < -0.3 is 10.0 Å². The molecule has 18 heavy (non-hydrogen) atoms. The van der Waals surface area contributed by atoms with Crippen molar-refractivity contribution in [1.29, 1.82) is 0 Å². The van der Waals surface area contributed by atoms with Crippen molar-refractivity contribution >= 4 is 0 Å². The summed E-state index contributed by atoms with van der Waals surface area (Å²) in [7, 11) is 2.07. The zero-order valence-corrected chi connectivity index (χ0v) is 11.4. The van der Waals surface area contributed by atoms with Crippen LogP contribution in [0.2, 0.25) is 0 Å². The molecular formula is C14H23N3O. The predicted molar refractivity (Wildman–Crippen MR) is 71.1 cm³/mol. The van der Waals surface area contributed by atoms with E-state index in [2.05, 4.69) is 21.9 Å². The summed E-state index contributed by atoms with van der Waals surface area (Å²) in [4.78, 5) is 10.8. The van der Waals surface area contributed by atoms with Crippen LogP contribution in [-0.2, 0) is 6.54 Å². The molecule has 0 saturated heterocycles. The summed E-state index contributed by atoms with van der Waals surface area (Å²) >= 11 is 0. The Morgan fingerprint density at radius 3 is 2.61 bits per heavy atom. The molecule has 0 aromatic carbocycles. The fourth-order valence-electron chi connectivity index (χ4n) is 2.54. The molecule has 1 aliphatic rings. The summed E-state index contributed by atoms with van der Waals surface area (Å²) in [6, 6.07) is 0. The number of aliphatic hydroxyl groups is 1. The van der Waals surface area contributed by atoms with Gasteiger partial charge >= 0.3 is 0 Å². The van der Waals surface area contributed by atoms with Gasteiger partial charge in [0.25, 0.3) is 0 Å². The predicted octanol–water partition coefficient (Wildman–Crippen LogP) is 1.91. The number of hydrogen-bond donors (Lipinski definition) is 1. The zero-order chi connectivity index (χ0) is 13.0. The van der Waals surface area contributed by atoms with Gasteiger partial charge in [0.1, 0.15) is 0 Å². The molecule has 0 radical (unpaired) electrons. The first kappa shape index (κ1) is 13.4. The molecule has 1 N–H and O–H groups in total. The van der Waals surface area contributed by atoms with Crippen LogP contribution in [0, 0.1) is 6.92 Å². The molecule has 0 unspecified atom stereocenters. The van der Waals surface area contributed by atoms with Crippen LogP contribution < -0.4 is 0 Å². The molecule has 1 aliphatic carbocycles. The van der Waals surface area contributed by atoms with E-state index in [1.54, 1.807) is 6.20 Å². The Balaban J connectivity index is 1.78. The molecular weight excluding hydrogens is 226 g/mol. The number of hydrogen-bond acceptors (Lipinski definition) is 4. The SMILES string of the molecule is Cc1cnc(CN(C)CCC2(O)CCCC2)cn1. The fraction of sp³-hybridized carbons (Fsp3) is 0.714. The van der Waals surface area contributed by atoms with Gasteiger partial charge in [0.05, 0.1) is 17.0 Å². The van der Waals surface area contributed by atoms with Gasteiger partial charge in [0.15, 0.2) is 0 Å². The van der Waals surface area contributed by atoms with Gasteiger partial charge in [-0.3, -0.25) is 9.97 Å². The Morgan fingerprint density at radius 2 is 2.00 bits per heavy atom. The van der Waals surface area contributed by atoms with Crippen molar-refractivity contribution in [2.75, 3.05) is 13.6 Å². The Hall–Kier alpha value is -1.00. The maximum absolute atomic E-state index is 10.3. The van der Waals surface area contributed by atoms with Crippen LogP contribution in [0.1, 0.15) is 43.5 Å². The molecule has 0 bridgehead atoms. The van der Waals surface area contributed by atoms with E-state index in [0.717, 1.165) is 43.7 Å². The second-order valence-corrected chi connectivity index (χ2v) is 5.57. The summed E-state index contributed by atoms with van der Waals surface area (Å²) < 4.78 is 0. The van der Waals surface area contributed by atoms with Gasteiger partial charge in [-0.05, 0) is 33.2 Å². The standard InChI is InChI=1S/C14H23N3O/c1-12-9-16-13(10-15-12)11-17(2)8-7-14(18)5-3-4-6-14/h9-10,18H,3-8,11H2,1-2H3. The minimum absolute atomic E-state index is 0.410. The van der Waals surface area contributed by atoms with Crippen LogP contribution in [0.25, 0.3) is 0 Å². The molecule has 1 heterocycles. The lowest BCUT2D eigenvalue weighted by atomic mass is 9.98. The van der Waals surface area contributed by atoms with E-state index >= 15 is 0 Å². The van der Waals surface area contributed by atoms with Crippen LogP contribution in [0.5, 0.6) is 0 Å². The zero-order valence-electron chi connectivity index (χ0n) is 11.4. The lowest BCUT2D eigenvalue weighted by Gasteiger charge is -2.25. The van der Waals surface area contributed by atoms with Crippen LogP contribution in [0.4, 0.5) is 0 Å². The summed E-state index contributed by atoms with van der Waals surface area (Å²) in [5.41, 5.74) is 1.52. The van der Waals surface area contributed by atoms with E-state index in [1.165, 1.54) is 12.8 Å². The smallest absolute Gasteiger partial charge is 0.0726 e. The van der Waals surface area contributed by atoms with Crippen molar-refractivity contribution in [3.05, 3.63) is 23.8 Å². The Kier molecular flexibility index (Phi) is 4.30. The second-order valence-electron chi connectivity index (χ2n) is 5.57. The summed E-state index contributed by atoms with van der Waals surface area (Å²) in [5.74, 6) is 0. The third-order valence-electron chi connectivity index (χ3n) is 3.76. The molecule has 1 saturated carbocycles. The van der Waals surface area contributed by atoms with E-state index in [9.17, 15) is 5.11 Å². The highest BCUT2D eigenvalue weighted by molar-refractivity contribution is 5.00. The van der Waals surface area contributed by atoms with Crippen molar-refractivity contribution in [1.82, 2.24) is 14.9 Å². The van der Waals surface area contributed by atoms with Crippen LogP contribution in [-0.4, -0.2) is 39.2 Å². The first-order valence-electron chi connectivity index (χ1n) is 6.76. The Morgan fingerprint density at radius 1 is 1.28 bits per heavy atom. The quantitative estimate of drug-likeness (QED) is 0.866. The number of aryl methyl sites for hydroxylation is 1. The highest BCUT2D eigenvalue weighted by atomic mass is 16.3. The Labute approximate surface area is 109 Å². The van der Waals surface area contributed by atoms with Crippen LogP contribution in [0.15, 0.2) is 12.4 Å². The molecule has 1 aromatic heterocycles. The molecule has 0 aliphatic heterocycles. The van der Waals surface area contributed by atoms with Crippen molar-refractivity contribution in [2.45, 2.75) is 51.2 Å². The summed E-state index contributed by atoms with van der Waals surface area (Å²) in [6.45, 7) is 3.64. The van der Waals surface area contributed by atoms with Crippen LogP contribution in [0.3, 0.4) is 0 Å². The van der Waals surface area contributed by atoms with Gasteiger partial charge in [0, 0.05) is 25.5 Å². The van der Waals surface area contributed by atoms with Crippen molar-refractivity contribution in [2.24, 2.45) is 0 Å². The Bertz CT molecular complexity index is 371. The van der Waals surface area contributed by atoms with E-state index in [-0.39, 0.29) is 0 Å². The van der Waals surface area contributed by atoms with E-state index in [4.69, 9.17) is 0 Å². The topological polar surface area (TPSA) is 49.2 Å². The molecule has 2 rings (SSSR count). The number of aromatic nitrogens is 2. The molecule has 0 atom stereocenters. The molecule has 0 amide bonds. The van der Waals surface area contributed by atoms with Gasteiger partial charge in [-0.1, -0.05) is 12.8 Å².